The van der Waals surface area contributed by atoms with Crippen LogP contribution >= 0.6 is 0 Å². The molecule has 76 heavy (non-hydrogen) atoms. The summed E-state index contributed by atoms with van der Waals surface area (Å²) in [5.74, 6) is 0. The van der Waals surface area contributed by atoms with Crippen LogP contribution in [-0.4, -0.2) is 0 Å². The van der Waals surface area contributed by atoms with Crippen LogP contribution in [0.2, 0.25) is 0 Å². The lowest BCUT2D eigenvalue weighted by Gasteiger charge is -2.21. The fourth-order valence-corrected chi connectivity index (χ4v) is 13.9. The highest BCUT2D eigenvalue weighted by atomic mass is 14.4. The molecule has 0 atom stereocenters. The summed E-state index contributed by atoms with van der Waals surface area (Å²) in [5, 5.41) is 17.7. The molecule has 0 nitrogen and oxygen atoms in total. The molecule has 0 saturated heterocycles. The summed E-state index contributed by atoms with van der Waals surface area (Å²) in [5.41, 5.74) is 23.0. The molecule has 0 aromatic heterocycles. The first-order valence-corrected chi connectivity index (χ1v) is 26.6. The molecule has 2 aliphatic rings. The van der Waals surface area contributed by atoms with Crippen molar-refractivity contribution in [3.63, 3.8) is 0 Å². The molecule has 0 heteroatoms. The van der Waals surface area contributed by atoms with Crippen molar-refractivity contribution in [2.45, 2.75) is 0 Å². The van der Waals surface area contributed by atoms with Gasteiger partial charge in [-0.2, -0.15) is 0 Å². The van der Waals surface area contributed by atoms with Crippen molar-refractivity contribution < 1.29 is 0 Å². The zero-order chi connectivity index (χ0) is 49.6. The summed E-state index contributed by atoms with van der Waals surface area (Å²) in [6.45, 7) is 0. The van der Waals surface area contributed by atoms with Gasteiger partial charge in [-0.25, -0.2) is 0 Å². The van der Waals surface area contributed by atoms with Crippen molar-refractivity contribution in [2.75, 3.05) is 0 Å². The van der Waals surface area contributed by atoms with E-state index in [0.717, 1.165) is 0 Å². The number of hydrogen-bond donors (Lipinski definition) is 0. The average molecular weight is 957 g/mol. The molecular formula is C76H44. The topological polar surface area (TPSA) is 0 Å². The molecule has 15 aromatic rings. The van der Waals surface area contributed by atoms with E-state index in [9.17, 15) is 0 Å². The summed E-state index contributed by atoms with van der Waals surface area (Å²) < 4.78 is 0. The Morgan fingerprint density at radius 3 is 1.14 bits per heavy atom. The fraction of sp³-hybridized carbons (Fsp3) is 0. The standard InChI is InChI=1S/C76H44/c1-3-19-49-43-51(35-33-45(49)15-1)55-37-40-64(56-27-11-21-47-17-5-7-23-53(47)56)74-65-31-13-29-60-57(38-41-67(70(60)65)72(55)74)58-39-42-68-71-61(58)30-14-32-66(71)76-73(59-28-12-22-48-18-6-8-24-54(48)59)63-26-10-9-25-62(63)69(75(68)76)52-36-34-46-16-2-4-20-50(46)44-52/h1-44H. The van der Waals surface area contributed by atoms with Crippen molar-refractivity contribution in [3.8, 4) is 100 Å². The lowest BCUT2D eigenvalue weighted by atomic mass is 9.81. The van der Waals surface area contributed by atoms with Crippen LogP contribution in [0.1, 0.15) is 0 Å². The van der Waals surface area contributed by atoms with Gasteiger partial charge >= 0.3 is 0 Å². The van der Waals surface area contributed by atoms with Crippen LogP contribution in [0.4, 0.5) is 0 Å². The van der Waals surface area contributed by atoms with Crippen molar-refractivity contribution in [2.24, 2.45) is 0 Å². The van der Waals surface area contributed by atoms with E-state index in [0.29, 0.717) is 0 Å². The van der Waals surface area contributed by atoms with Crippen LogP contribution in [0.25, 0.3) is 176 Å². The summed E-state index contributed by atoms with van der Waals surface area (Å²) >= 11 is 0. The number of hydrogen-bond acceptors (Lipinski definition) is 0. The monoisotopic (exact) mass is 956 g/mol. The Kier molecular flexibility index (Phi) is 8.65. The Bertz CT molecular complexity index is 5040. The SMILES string of the molecule is c1ccc2cc(-c3ccc(-c4cccc5ccccc45)c4c3-c3ccc(-c5ccc6c7c(cccc57)-c5c-6c(-c6ccc7ccccc7c6)c6ccccc6c5-c5cccc6ccccc56)c5cccc-4c35)ccc2c1. The first-order valence-electron chi connectivity index (χ1n) is 26.6. The van der Waals surface area contributed by atoms with Gasteiger partial charge in [-0.1, -0.05) is 255 Å². The van der Waals surface area contributed by atoms with Crippen LogP contribution in [0.5, 0.6) is 0 Å². The molecule has 0 radical (unpaired) electrons. The van der Waals surface area contributed by atoms with E-state index in [1.165, 1.54) is 176 Å². The van der Waals surface area contributed by atoms with Gasteiger partial charge in [0.05, 0.1) is 0 Å². The number of fused-ring (bicyclic) bond motifs is 11. The molecule has 0 heterocycles. The number of benzene rings is 15. The van der Waals surface area contributed by atoms with Crippen molar-refractivity contribution in [3.05, 3.63) is 267 Å². The van der Waals surface area contributed by atoms with E-state index in [1.807, 2.05) is 0 Å². The molecule has 15 aromatic carbocycles. The van der Waals surface area contributed by atoms with E-state index in [-0.39, 0.29) is 0 Å². The van der Waals surface area contributed by atoms with E-state index in [1.54, 1.807) is 0 Å². The second kappa shape index (κ2) is 15.8. The lowest BCUT2D eigenvalue weighted by Crippen LogP contribution is -1.94. The third-order valence-electron chi connectivity index (χ3n) is 17.1. The minimum absolute atomic E-state index is 1.23. The van der Waals surface area contributed by atoms with E-state index >= 15 is 0 Å². The van der Waals surface area contributed by atoms with Crippen LogP contribution in [0.3, 0.4) is 0 Å². The molecule has 0 bridgehead atoms. The molecule has 348 valence electrons. The maximum Gasteiger partial charge on any atom is -0.000719 e. The zero-order valence-corrected chi connectivity index (χ0v) is 41.4. The minimum atomic E-state index is 1.23. The Labute approximate surface area is 440 Å². The second-order valence-corrected chi connectivity index (χ2v) is 20.9. The molecule has 0 N–H and O–H groups in total. The smallest absolute Gasteiger partial charge is 0.000719 e. The Morgan fingerprint density at radius 1 is 0.145 bits per heavy atom. The number of rotatable bonds is 5. The van der Waals surface area contributed by atoms with Gasteiger partial charge in [0.25, 0.3) is 0 Å². The third kappa shape index (κ3) is 5.79. The zero-order valence-electron chi connectivity index (χ0n) is 41.4. The Hall–Kier alpha value is -9.88. The molecule has 0 spiro atoms. The summed E-state index contributed by atoms with van der Waals surface area (Å²) in [6.07, 6.45) is 0. The Balaban J connectivity index is 0.935. The van der Waals surface area contributed by atoms with Gasteiger partial charge in [0, 0.05) is 0 Å². The molecule has 0 unspecified atom stereocenters. The molecule has 0 saturated carbocycles. The fourth-order valence-electron chi connectivity index (χ4n) is 13.9. The average Bonchev–Trinajstić information content (AvgIpc) is 4.23. The van der Waals surface area contributed by atoms with E-state index in [2.05, 4.69) is 267 Å². The Morgan fingerprint density at radius 2 is 0.500 bits per heavy atom. The van der Waals surface area contributed by atoms with Gasteiger partial charge in [0.2, 0.25) is 0 Å². The minimum Gasteiger partial charge on any atom is -0.0616 e. The van der Waals surface area contributed by atoms with Crippen molar-refractivity contribution in [1.82, 2.24) is 0 Å². The van der Waals surface area contributed by atoms with Crippen LogP contribution in [0.15, 0.2) is 267 Å². The maximum absolute atomic E-state index is 2.45. The summed E-state index contributed by atoms with van der Waals surface area (Å²) in [7, 11) is 0. The van der Waals surface area contributed by atoms with Gasteiger partial charge in [0.1, 0.15) is 0 Å². The predicted molar refractivity (Wildman–Crippen MR) is 325 cm³/mol. The van der Waals surface area contributed by atoms with Crippen molar-refractivity contribution in [1.29, 1.82) is 0 Å². The molecule has 17 rings (SSSR count). The molecule has 2 aliphatic carbocycles. The van der Waals surface area contributed by atoms with Gasteiger partial charge < -0.3 is 0 Å². The molecular weight excluding hydrogens is 913 g/mol. The normalized spacial score (nSPS) is 12.2. The van der Waals surface area contributed by atoms with Crippen LogP contribution in [-0.2, 0) is 0 Å². The molecule has 0 amide bonds. The van der Waals surface area contributed by atoms with Gasteiger partial charge in [-0.05, 0) is 188 Å². The quantitative estimate of drug-likeness (QED) is 0.161. The predicted octanol–water partition coefficient (Wildman–Crippen LogP) is 21.4. The summed E-state index contributed by atoms with van der Waals surface area (Å²) in [6, 6.07) is 101. The lowest BCUT2D eigenvalue weighted by molar-refractivity contribution is 1.62. The summed E-state index contributed by atoms with van der Waals surface area (Å²) in [4.78, 5) is 0. The molecule has 0 fully saturated rings. The van der Waals surface area contributed by atoms with Crippen LogP contribution in [0, 0.1) is 0 Å². The highest BCUT2D eigenvalue weighted by Crippen LogP contribution is 2.61. The molecule has 0 aliphatic heterocycles. The van der Waals surface area contributed by atoms with Gasteiger partial charge in [0.15, 0.2) is 0 Å². The van der Waals surface area contributed by atoms with Gasteiger partial charge in [-0.3, -0.25) is 0 Å². The maximum atomic E-state index is 2.45. The van der Waals surface area contributed by atoms with Gasteiger partial charge in [-0.15, -0.1) is 0 Å². The first-order chi connectivity index (χ1) is 37.7. The van der Waals surface area contributed by atoms with Crippen molar-refractivity contribution >= 4 is 75.4 Å². The second-order valence-electron chi connectivity index (χ2n) is 20.9. The van der Waals surface area contributed by atoms with E-state index in [4.69, 9.17) is 0 Å². The highest BCUT2D eigenvalue weighted by Gasteiger charge is 2.34. The first kappa shape index (κ1) is 41.6. The van der Waals surface area contributed by atoms with Crippen LogP contribution < -0.4 is 0 Å². The highest BCUT2D eigenvalue weighted by molar-refractivity contribution is 6.31. The largest absolute Gasteiger partial charge is 0.0616 e. The third-order valence-corrected chi connectivity index (χ3v) is 17.1. The van der Waals surface area contributed by atoms with E-state index < -0.39 is 0 Å².